The number of rotatable bonds is 2. The van der Waals surface area contributed by atoms with Crippen molar-refractivity contribution in [1.82, 2.24) is 4.98 Å². The number of aromatic nitrogens is 1. The molecule has 15 heavy (non-hydrogen) atoms. The lowest BCUT2D eigenvalue weighted by Crippen LogP contribution is -2.35. The molecule has 2 atom stereocenters. The van der Waals surface area contributed by atoms with Crippen LogP contribution < -0.4 is 4.90 Å². The maximum atomic E-state index is 9.37. The van der Waals surface area contributed by atoms with Crippen LogP contribution in [0.15, 0.2) is 18.3 Å². The summed E-state index contributed by atoms with van der Waals surface area (Å²) < 4.78 is 0. The Morgan fingerprint density at radius 2 is 2.40 bits per heavy atom. The number of hydrogen-bond donors (Lipinski definition) is 1. The molecule has 82 valence electrons. The van der Waals surface area contributed by atoms with Crippen molar-refractivity contribution in [2.45, 2.75) is 26.3 Å². The average Bonchev–Trinajstić information content (AvgIpc) is 2.59. The third-order valence-electron chi connectivity index (χ3n) is 3.26. The second kappa shape index (κ2) is 4.19. The highest BCUT2D eigenvalue weighted by Gasteiger charge is 2.31. The topological polar surface area (TPSA) is 36.4 Å². The minimum Gasteiger partial charge on any atom is -0.394 e. The lowest BCUT2D eigenvalue weighted by molar-refractivity contribution is 0.244. The quantitative estimate of drug-likeness (QED) is 0.798. The number of pyridine rings is 1. The molecule has 0 aromatic carbocycles. The van der Waals surface area contributed by atoms with Gasteiger partial charge in [0.25, 0.3) is 0 Å². The van der Waals surface area contributed by atoms with E-state index in [1.807, 2.05) is 12.3 Å². The van der Waals surface area contributed by atoms with E-state index in [9.17, 15) is 5.11 Å². The second-order valence-electron chi connectivity index (χ2n) is 4.40. The molecule has 0 radical (unpaired) electrons. The van der Waals surface area contributed by atoms with Crippen molar-refractivity contribution >= 4 is 5.82 Å². The van der Waals surface area contributed by atoms with Crippen LogP contribution >= 0.6 is 0 Å². The highest BCUT2D eigenvalue weighted by molar-refractivity contribution is 5.43. The van der Waals surface area contributed by atoms with Gasteiger partial charge in [-0.15, -0.1) is 0 Å². The Labute approximate surface area is 90.8 Å². The van der Waals surface area contributed by atoms with E-state index in [-0.39, 0.29) is 12.6 Å². The molecular weight excluding hydrogens is 188 g/mol. The Hall–Kier alpha value is -1.09. The minimum absolute atomic E-state index is 0.219. The van der Waals surface area contributed by atoms with Crippen LogP contribution in [0, 0.1) is 12.8 Å². The number of nitrogens with zero attached hydrogens (tertiary/aromatic N) is 2. The Morgan fingerprint density at radius 3 is 3.07 bits per heavy atom. The monoisotopic (exact) mass is 206 g/mol. The summed E-state index contributed by atoms with van der Waals surface area (Å²) in [5.41, 5.74) is 1.22. The first-order valence-electron chi connectivity index (χ1n) is 5.52. The largest absolute Gasteiger partial charge is 0.394 e. The summed E-state index contributed by atoms with van der Waals surface area (Å²) in [5, 5.41) is 9.37. The van der Waals surface area contributed by atoms with Gasteiger partial charge < -0.3 is 10.0 Å². The van der Waals surface area contributed by atoms with Gasteiger partial charge in [-0.1, -0.05) is 6.92 Å². The maximum Gasteiger partial charge on any atom is 0.129 e. The highest BCUT2D eigenvalue weighted by Crippen LogP contribution is 2.28. The van der Waals surface area contributed by atoms with Gasteiger partial charge >= 0.3 is 0 Å². The molecule has 0 saturated carbocycles. The molecule has 1 saturated heterocycles. The fourth-order valence-corrected chi connectivity index (χ4v) is 2.25. The van der Waals surface area contributed by atoms with E-state index in [0.29, 0.717) is 5.92 Å². The Balaban J connectivity index is 2.23. The van der Waals surface area contributed by atoms with Crippen LogP contribution in [0.1, 0.15) is 18.9 Å². The van der Waals surface area contributed by atoms with Crippen LogP contribution in [0.5, 0.6) is 0 Å². The predicted octanol–water partition coefficient (Wildman–Crippen LogP) is 1.60. The summed E-state index contributed by atoms with van der Waals surface area (Å²) in [7, 11) is 0. The summed E-state index contributed by atoms with van der Waals surface area (Å²) >= 11 is 0. The van der Waals surface area contributed by atoms with E-state index in [4.69, 9.17) is 0 Å². The number of aryl methyl sites for hydroxylation is 1. The van der Waals surface area contributed by atoms with E-state index in [1.165, 1.54) is 5.56 Å². The zero-order chi connectivity index (χ0) is 10.8. The lowest BCUT2D eigenvalue weighted by atomic mass is 10.0. The van der Waals surface area contributed by atoms with Crippen LogP contribution in [0.3, 0.4) is 0 Å². The highest BCUT2D eigenvalue weighted by atomic mass is 16.3. The first-order valence-corrected chi connectivity index (χ1v) is 5.52. The smallest absolute Gasteiger partial charge is 0.129 e. The van der Waals surface area contributed by atoms with Crippen molar-refractivity contribution in [1.29, 1.82) is 0 Å². The van der Waals surface area contributed by atoms with Crippen LogP contribution in [0.4, 0.5) is 5.82 Å². The summed E-state index contributed by atoms with van der Waals surface area (Å²) in [5.74, 6) is 1.55. The number of aliphatic hydroxyl groups is 1. The van der Waals surface area contributed by atoms with Crippen LogP contribution in [-0.4, -0.2) is 29.3 Å². The van der Waals surface area contributed by atoms with Crippen molar-refractivity contribution < 1.29 is 5.11 Å². The molecule has 3 nitrogen and oxygen atoms in total. The Morgan fingerprint density at radius 1 is 1.60 bits per heavy atom. The first-order chi connectivity index (χ1) is 7.22. The number of anilines is 1. The molecule has 1 aromatic heterocycles. The van der Waals surface area contributed by atoms with Crippen molar-refractivity contribution in [3.05, 3.63) is 23.9 Å². The molecule has 1 fully saturated rings. The van der Waals surface area contributed by atoms with Gasteiger partial charge in [-0.05, 0) is 37.0 Å². The Kier molecular flexibility index (Phi) is 2.91. The van der Waals surface area contributed by atoms with Crippen molar-refractivity contribution in [2.24, 2.45) is 5.92 Å². The molecule has 0 aliphatic carbocycles. The van der Waals surface area contributed by atoms with Gasteiger partial charge in [0.2, 0.25) is 0 Å². The number of hydrogen-bond acceptors (Lipinski definition) is 3. The fraction of sp³-hybridized carbons (Fsp3) is 0.583. The number of aliphatic hydroxyl groups excluding tert-OH is 1. The average molecular weight is 206 g/mol. The molecule has 2 rings (SSSR count). The normalized spacial score (nSPS) is 25.9. The molecule has 0 amide bonds. The van der Waals surface area contributed by atoms with Gasteiger partial charge in [0.1, 0.15) is 5.82 Å². The first kappa shape index (κ1) is 10.4. The summed E-state index contributed by atoms with van der Waals surface area (Å²) in [6, 6.07) is 4.32. The molecule has 0 spiro atoms. The van der Waals surface area contributed by atoms with E-state index in [2.05, 4.69) is 29.8 Å². The summed E-state index contributed by atoms with van der Waals surface area (Å²) in [6.45, 7) is 5.48. The fourth-order valence-electron chi connectivity index (χ4n) is 2.25. The zero-order valence-corrected chi connectivity index (χ0v) is 9.35. The van der Waals surface area contributed by atoms with Crippen molar-refractivity contribution in [3.8, 4) is 0 Å². The second-order valence-corrected chi connectivity index (χ2v) is 4.40. The van der Waals surface area contributed by atoms with Crippen LogP contribution in [0.2, 0.25) is 0 Å². The zero-order valence-electron chi connectivity index (χ0n) is 9.35. The standard InChI is InChI=1S/C12H18N2O/c1-9-3-5-13-12(7-9)14-6-4-10(2)11(14)8-15/h3,5,7,10-11,15H,4,6,8H2,1-2H3. The van der Waals surface area contributed by atoms with Gasteiger partial charge in [-0.3, -0.25) is 0 Å². The van der Waals surface area contributed by atoms with Crippen molar-refractivity contribution in [2.75, 3.05) is 18.1 Å². The van der Waals surface area contributed by atoms with E-state index in [0.717, 1.165) is 18.8 Å². The summed E-state index contributed by atoms with van der Waals surface area (Å²) in [4.78, 5) is 6.59. The van der Waals surface area contributed by atoms with E-state index >= 15 is 0 Å². The van der Waals surface area contributed by atoms with E-state index in [1.54, 1.807) is 0 Å². The maximum absolute atomic E-state index is 9.37. The summed E-state index contributed by atoms with van der Waals surface area (Å²) in [6.07, 6.45) is 2.98. The van der Waals surface area contributed by atoms with Crippen molar-refractivity contribution in [3.63, 3.8) is 0 Å². The van der Waals surface area contributed by atoms with Crippen LogP contribution in [0.25, 0.3) is 0 Å². The third kappa shape index (κ3) is 1.97. The van der Waals surface area contributed by atoms with Gasteiger partial charge in [0.05, 0.1) is 12.6 Å². The van der Waals surface area contributed by atoms with Gasteiger partial charge in [0.15, 0.2) is 0 Å². The molecule has 2 unspecified atom stereocenters. The molecular formula is C12H18N2O. The molecule has 1 aliphatic rings. The molecule has 3 heteroatoms. The van der Waals surface area contributed by atoms with Gasteiger partial charge in [-0.25, -0.2) is 4.98 Å². The van der Waals surface area contributed by atoms with E-state index < -0.39 is 0 Å². The SMILES string of the molecule is Cc1ccnc(N2CCC(C)C2CO)c1. The van der Waals surface area contributed by atoms with Gasteiger partial charge in [-0.2, -0.15) is 0 Å². The van der Waals surface area contributed by atoms with Gasteiger partial charge in [0, 0.05) is 12.7 Å². The molecule has 1 N–H and O–H groups in total. The molecule has 0 bridgehead atoms. The molecule has 1 aromatic rings. The van der Waals surface area contributed by atoms with Crippen LogP contribution in [-0.2, 0) is 0 Å². The minimum atomic E-state index is 0.219. The Bertz CT molecular complexity index is 340. The molecule has 1 aliphatic heterocycles. The molecule has 2 heterocycles. The lowest BCUT2D eigenvalue weighted by Gasteiger charge is -2.26. The third-order valence-corrected chi connectivity index (χ3v) is 3.26. The predicted molar refractivity (Wildman–Crippen MR) is 61.0 cm³/mol.